The van der Waals surface area contributed by atoms with Crippen LogP contribution in [0.3, 0.4) is 0 Å². The van der Waals surface area contributed by atoms with Gasteiger partial charge in [-0.05, 0) is 37.7 Å². The van der Waals surface area contributed by atoms with E-state index in [0.717, 1.165) is 37.2 Å². The van der Waals surface area contributed by atoms with Crippen LogP contribution in [-0.4, -0.2) is 44.1 Å². The highest BCUT2D eigenvalue weighted by Crippen LogP contribution is 2.34. The van der Waals surface area contributed by atoms with E-state index in [0.29, 0.717) is 17.6 Å². The molecular formula is C16H21N5OS. The molecule has 0 atom stereocenters. The van der Waals surface area contributed by atoms with Gasteiger partial charge in [-0.25, -0.2) is 4.98 Å². The summed E-state index contributed by atoms with van der Waals surface area (Å²) in [5.74, 6) is 2.87. The normalized spacial score (nSPS) is 20.0. The van der Waals surface area contributed by atoms with Gasteiger partial charge in [0.15, 0.2) is 0 Å². The second kappa shape index (κ2) is 6.49. The Labute approximate surface area is 139 Å². The van der Waals surface area contributed by atoms with Crippen molar-refractivity contribution in [3.8, 4) is 0 Å². The summed E-state index contributed by atoms with van der Waals surface area (Å²) in [6.45, 7) is 2.22. The zero-order chi connectivity index (χ0) is 15.6. The van der Waals surface area contributed by atoms with Crippen LogP contribution in [0.1, 0.15) is 25.7 Å². The van der Waals surface area contributed by atoms with E-state index >= 15 is 0 Å². The van der Waals surface area contributed by atoms with Crippen molar-refractivity contribution < 1.29 is 0 Å². The molecule has 6 nitrogen and oxygen atoms in total. The van der Waals surface area contributed by atoms with Crippen LogP contribution in [0.4, 0.5) is 5.95 Å². The standard InChI is InChI=1S/C16H21N5OS/c22-14-4-3-12-9-17-16(20-15(12)19-14)18-13-5-7-21(8-6-13)23-10-11-1-2-11/h3-4,9,11,13H,1-2,5-8,10H2,(H2,17,18,19,20,22). The Morgan fingerprint density at radius 3 is 2.87 bits per heavy atom. The number of nitrogens with zero attached hydrogens (tertiary/aromatic N) is 3. The summed E-state index contributed by atoms with van der Waals surface area (Å²) in [7, 11) is 0. The number of aromatic nitrogens is 3. The van der Waals surface area contributed by atoms with E-state index < -0.39 is 0 Å². The maximum absolute atomic E-state index is 11.4. The first-order chi connectivity index (χ1) is 11.3. The number of pyridine rings is 1. The van der Waals surface area contributed by atoms with Crippen molar-refractivity contribution in [2.45, 2.75) is 31.7 Å². The average Bonchev–Trinajstić information content (AvgIpc) is 3.38. The fourth-order valence-electron chi connectivity index (χ4n) is 2.81. The first-order valence-electron chi connectivity index (χ1n) is 8.27. The average molecular weight is 331 g/mol. The summed E-state index contributed by atoms with van der Waals surface area (Å²) in [4.78, 5) is 22.9. The van der Waals surface area contributed by atoms with E-state index in [1.165, 1.54) is 24.7 Å². The molecule has 0 unspecified atom stereocenters. The summed E-state index contributed by atoms with van der Waals surface area (Å²) in [5.41, 5.74) is 0.454. The fourth-order valence-corrected chi connectivity index (χ4v) is 4.04. The molecule has 1 saturated carbocycles. The lowest BCUT2D eigenvalue weighted by Gasteiger charge is -2.31. The molecule has 2 aromatic heterocycles. The molecule has 2 fully saturated rings. The van der Waals surface area contributed by atoms with Crippen molar-refractivity contribution in [3.05, 3.63) is 28.7 Å². The second-order valence-corrected chi connectivity index (χ2v) is 7.51. The topological polar surface area (TPSA) is 73.9 Å². The quantitative estimate of drug-likeness (QED) is 0.819. The molecule has 1 saturated heterocycles. The first-order valence-corrected chi connectivity index (χ1v) is 9.21. The summed E-state index contributed by atoms with van der Waals surface area (Å²) in [6.07, 6.45) is 6.80. The van der Waals surface area contributed by atoms with E-state index in [1.54, 1.807) is 12.3 Å². The lowest BCUT2D eigenvalue weighted by molar-refractivity contribution is 0.357. The van der Waals surface area contributed by atoms with Gasteiger partial charge in [-0.1, -0.05) is 11.9 Å². The third-order valence-electron chi connectivity index (χ3n) is 4.45. The molecule has 1 aliphatic heterocycles. The SMILES string of the molecule is O=c1ccc2cnc(NC3CCN(SCC4CC4)CC3)nc2[nH]1. The minimum Gasteiger partial charge on any atom is -0.351 e. The number of fused-ring (bicyclic) bond motifs is 1. The van der Waals surface area contributed by atoms with Gasteiger partial charge in [-0.2, -0.15) is 4.98 Å². The van der Waals surface area contributed by atoms with Gasteiger partial charge in [0.1, 0.15) is 5.65 Å². The highest BCUT2D eigenvalue weighted by Gasteiger charge is 2.25. The number of anilines is 1. The predicted octanol–water partition coefficient (Wildman–Crippen LogP) is 2.25. The molecule has 0 spiro atoms. The van der Waals surface area contributed by atoms with Gasteiger partial charge in [0.05, 0.1) is 0 Å². The molecule has 2 aromatic rings. The molecule has 23 heavy (non-hydrogen) atoms. The van der Waals surface area contributed by atoms with Crippen LogP contribution in [-0.2, 0) is 0 Å². The van der Waals surface area contributed by atoms with E-state index in [-0.39, 0.29) is 5.56 Å². The summed E-state index contributed by atoms with van der Waals surface area (Å²) in [6, 6.07) is 3.64. The van der Waals surface area contributed by atoms with Crippen LogP contribution >= 0.6 is 11.9 Å². The molecule has 0 radical (unpaired) electrons. The highest BCUT2D eigenvalue weighted by molar-refractivity contribution is 7.97. The molecule has 4 rings (SSSR count). The van der Waals surface area contributed by atoms with Gasteiger partial charge in [0.2, 0.25) is 11.5 Å². The van der Waals surface area contributed by atoms with Gasteiger partial charge in [-0.3, -0.25) is 9.10 Å². The van der Waals surface area contributed by atoms with Gasteiger partial charge >= 0.3 is 0 Å². The Morgan fingerprint density at radius 1 is 1.26 bits per heavy atom. The summed E-state index contributed by atoms with van der Waals surface area (Å²) < 4.78 is 2.50. The van der Waals surface area contributed by atoms with Gasteiger partial charge in [0, 0.05) is 42.5 Å². The number of H-pyrrole nitrogens is 1. The molecule has 7 heteroatoms. The Kier molecular flexibility index (Phi) is 4.22. The number of aromatic amines is 1. The van der Waals surface area contributed by atoms with Crippen molar-refractivity contribution in [3.63, 3.8) is 0 Å². The molecule has 0 aromatic carbocycles. The van der Waals surface area contributed by atoms with Crippen molar-refractivity contribution in [2.75, 3.05) is 24.2 Å². The summed E-state index contributed by atoms with van der Waals surface area (Å²) >= 11 is 2.01. The third-order valence-corrected chi connectivity index (χ3v) is 5.80. The number of hydrogen-bond donors (Lipinski definition) is 2. The third kappa shape index (κ3) is 3.84. The van der Waals surface area contributed by atoms with Crippen LogP contribution in [0, 0.1) is 5.92 Å². The second-order valence-electron chi connectivity index (χ2n) is 6.41. The molecule has 3 heterocycles. The van der Waals surface area contributed by atoms with Crippen LogP contribution in [0.25, 0.3) is 11.0 Å². The van der Waals surface area contributed by atoms with Crippen molar-refractivity contribution in [1.82, 2.24) is 19.3 Å². The highest BCUT2D eigenvalue weighted by atomic mass is 32.2. The number of hydrogen-bond acceptors (Lipinski definition) is 6. The number of rotatable bonds is 5. The minimum atomic E-state index is -0.136. The molecule has 2 aliphatic rings. The maximum Gasteiger partial charge on any atom is 0.249 e. The largest absolute Gasteiger partial charge is 0.351 e. The fraction of sp³-hybridized carbons (Fsp3) is 0.562. The zero-order valence-corrected chi connectivity index (χ0v) is 13.8. The Morgan fingerprint density at radius 2 is 2.09 bits per heavy atom. The predicted molar refractivity (Wildman–Crippen MR) is 93.6 cm³/mol. The van der Waals surface area contributed by atoms with E-state index in [2.05, 4.69) is 24.6 Å². The van der Waals surface area contributed by atoms with E-state index in [9.17, 15) is 4.79 Å². The van der Waals surface area contributed by atoms with Crippen LogP contribution < -0.4 is 10.9 Å². The molecular weight excluding hydrogens is 310 g/mol. The lowest BCUT2D eigenvalue weighted by atomic mass is 10.1. The molecule has 2 N–H and O–H groups in total. The zero-order valence-electron chi connectivity index (χ0n) is 13.0. The molecule has 0 amide bonds. The van der Waals surface area contributed by atoms with Crippen LogP contribution in [0.15, 0.2) is 23.1 Å². The monoisotopic (exact) mass is 331 g/mol. The number of nitrogens with one attached hydrogen (secondary N) is 2. The smallest absolute Gasteiger partial charge is 0.249 e. The maximum atomic E-state index is 11.4. The van der Waals surface area contributed by atoms with Crippen molar-refractivity contribution >= 4 is 28.9 Å². The summed E-state index contributed by atoms with van der Waals surface area (Å²) in [5, 5.41) is 4.26. The van der Waals surface area contributed by atoms with Crippen molar-refractivity contribution in [2.24, 2.45) is 5.92 Å². The Hall–Kier alpha value is -1.60. The first kappa shape index (κ1) is 15.0. The van der Waals surface area contributed by atoms with Crippen LogP contribution in [0.5, 0.6) is 0 Å². The minimum absolute atomic E-state index is 0.136. The number of piperidine rings is 1. The van der Waals surface area contributed by atoms with Crippen molar-refractivity contribution in [1.29, 1.82) is 0 Å². The van der Waals surface area contributed by atoms with Crippen LogP contribution in [0.2, 0.25) is 0 Å². The molecule has 1 aliphatic carbocycles. The molecule has 0 bridgehead atoms. The Bertz CT molecular complexity index is 737. The Balaban J connectivity index is 1.34. The van der Waals surface area contributed by atoms with E-state index in [1.807, 2.05) is 11.9 Å². The van der Waals surface area contributed by atoms with E-state index in [4.69, 9.17) is 0 Å². The molecule has 122 valence electrons. The van der Waals surface area contributed by atoms with Gasteiger partial charge in [0.25, 0.3) is 0 Å². The van der Waals surface area contributed by atoms with Gasteiger partial charge in [-0.15, -0.1) is 0 Å². The van der Waals surface area contributed by atoms with Gasteiger partial charge < -0.3 is 10.3 Å². The lowest BCUT2D eigenvalue weighted by Crippen LogP contribution is -2.36.